The summed E-state index contributed by atoms with van der Waals surface area (Å²) in [5.74, 6) is 2.15. The summed E-state index contributed by atoms with van der Waals surface area (Å²) >= 11 is 0. The first-order valence-corrected chi connectivity index (χ1v) is 9.16. The van der Waals surface area contributed by atoms with E-state index in [1.54, 1.807) is 17.2 Å². The SMILES string of the molecule is Cn1c(Cn2cccn2)nnc1[C@@H]1CCCN(C(=O)CCn2cncn2)C1. The molecule has 3 aromatic heterocycles. The maximum Gasteiger partial charge on any atom is 0.224 e. The smallest absolute Gasteiger partial charge is 0.224 e. The number of amides is 1. The van der Waals surface area contributed by atoms with Crippen LogP contribution in [0.15, 0.2) is 31.1 Å². The Balaban J connectivity index is 1.39. The molecule has 1 amide bonds. The molecule has 1 saturated heterocycles. The first-order valence-electron chi connectivity index (χ1n) is 9.16. The molecule has 0 saturated carbocycles. The van der Waals surface area contributed by atoms with Gasteiger partial charge in [-0.1, -0.05) is 0 Å². The van der Waals surface area contributed by atoms with Gasteiger partial charge in [0, 0.05) is 44.9 Å². The molecular weight excluding hydrogens is 346 g/mol. The highest BCUT2D eigenvalue weighted by atomic mass is 16.2. The van der Waals surface area contributed by atoms with Crippen LogP contribution in [-0.2, 0) is 24.9 Å². The second-order valence-corrected chi connectivity index (χ2v) is 6.82. The van der Waals surface area contributed by atoms with Crippen LogP contribution in [0.1, 0.15) is 36.8 Å². The number of likely N-dealkylation sites (tertiary alicyclic amines) is 1. The predicted molar refractivity (Wildman–Crippen MR) is 95.5 cm³/mol. The van der Waals surface area contributed by atoms with Gasteiger partial charge in [0.05, 0.1) is 6.54 Å². The first-order chi connectivity index (χ1) is 13.2. The van der Waals surface area contributed by atoms with E-state index < -0.39 is 0 Å². The molecule has 0 spiro atoms. The monoisotopic (exact) mass is 369 g/mol. The van der Waals surface area contributed by atoms with Crippen molar-refractivity contribution in [3.05, 3.63) is 42.8 Å². The Morgan fingerprint density at radius 2 is 2.19 bits per heavy atom. The molecule has 1 fully saturated rings. The fourth-order valence-electron chi connectivity index (χ4n) is 3.54. The Bertz CT molecular complexity index is 869. The van der Waals surface area contributed by atoms with Crippen LogP contribution in [0.4, 0.5) is 0 Å². The third kappa shape index (κ3) is 3.88. The van der Waals surface area contributed by atoms with Crippen LogP contribution in [0, 0.1) is 0 Å². The maximum atomic E-state index is 12.6. The first kappa shape index (κ1) is 17.4. The third-order valence-corrected chi connectivity index (χ3v) is 5.02. The molecule has 0 N–H and O–H groups in total. The predicted octanol–water partition coefficient (Wildman–Crippen LogP) is 0.448. The lowest BCUT2D eigenvalue weighted by atomic mass is 9.97. The number of carbonyl (C=O) groups excluding carboxylic acids is 1. The van der Waals surface area contributed by atoms with Gasteiger partial charge in [-0.05, 0) is 18.9 Å². The molecule has 10 nitrogen and oxygen atoms in total. The Labute approximate surface area is 156 Å². The van der Waals surface area contributed by atoms with Gasteiger partial charge in [0.15, 0.2) is 5.82 Å². The van der Waals surface area contributed by atoms with Crippen LogP contribution in [0.25, 0.3) is 0 Å². The number of nitrogens with zero attached hydrogens (tertiary/aromatic N) is 9. The lowest BCUT2D eigenvalue weighted by molar-refractivity contribution is -0.132. The Morgan fingerprint density at radius 3 is 2.96 bits per heavy atom. The minimum Gasteiger partial charge on any atom is -0.342 e. The summed E-state index contributed by atoms with van der Waals surface area (Å²) in [5, 5.41) is 17.0. The van der Waals surface area contributed by atoms with E-state index in [0.29, 0.717) is 26.1 Å². The summed E-state index contributed by atoms with van der Waals surface area (Å²) in [4.78, 5) is 18.4. The molecular formula is C17H23N9O. The zero-order chi connectivity index (χ0) is 18.6. The summed E-state index contributed by atoms with van der Waals surface area (Å²) in [7, 11) is 1.99. The molecule has 0 radical (unpaired) electrons. The largest absolute Gasteiger partial charge is 0.342 e. The van der Waals surface area contributed by atoms with Crippen LogP contribution in [0.2, 0.25) is 0 Å². The van der Waals surface area contributed by atoms with Gasteiger partial charge in [-0.3, -0.25) is 14.2 Å². The number of hydrogen-bond acceptors (Lipinski definition) is 6. The topological polar surface area (TPSA) is 99.6 Å². The molecule has 4 heterocycles. The fraction of sp³-hybridized carbons (Fsp3) is 0.529. The van der Waals surface area contributed by atoms with Gasteiger partial charge in [0.2, 0.25) is 5.91 Å². The van der Waals surface area contributed by atoms with E-state index in [4.69, 9.17) is 0 Å². The van der Waals surface area contributed by atoms with Gasteiger partial charge >= 0.3 is 0 Å². The number of aryl methyl sites for hydroxylation is 1. The molecule has 0 aromatic carbocycles. The highest BCUT2D eigenvalue weighted by Crippen LogP contribution is 2.26. The molecule has 1 aliphatic rings. The lowest BCUT2D eigenvalue weighted by Crippen LogP contribution is -2.40. The number of hydrogen-bond donors (Lipinski definition) is 0. The zero-order valence-electron chi connectivity index (χ0n) is 15.3. The average molecular weight is 369 g/mol. The van der Waals surface area contributed by atoms with Crippen molar-refractivity contribution in [1.82, 2.24) is 44.2 Å². The minimum absolute atomic E-state index is 0.147. The lowest BCUT2D eigenvalue weighted by Gasteiger charge is -2.32. The molecule has 3 aromatic rings. The fourth-order valence-corrected chi connectivity index (χ4v) is 3.54. The van der Waals surface area contributed by atoms with Crippen molar-refractivity contribution in [3.8, 4) is 0 Å². The molecule has 0 bridgehead atoms. The highest BCUT2D eigenvalue weighted by molar-refractivity contribution is 5.76. The van der Waals surface area contributed by atoms with E-state index >= 15 is 0 Å². The molecule has 1 aliphatic heterocycles. The third-order valence-electron chi connectivity index (χ3n) is 5.02. The summed E-state index contributed by atoms with van der Waals surface area (Å²) in [6.07, 6.45) is 9.19. The van der Waals surface area contributed by atoms with Gasteiger partial charge in [-0.25, -0.2) is 4.98 Å². The maximum absolute atomic E-state index is 12.6. The van der Waals surface area contributed by atoms with Gasteiger partial charge < -0.3 is 9.47 Å². The van der Waals surface area contributed by atoms with Crippen LogP contribution in [-0.4, -0.2) is 63.2 Å². The molecule has 142 valence electrons. The number of rotatable bonds is 6. The average Bonchev–Trinajstić information content (AvgIpc) is 3.44. The van der Waals surface area contributed by atoms with Crippen LogP contribution < -0.4 is 0 Å². The van der Waals surface area contributed by atoms with Gasteiger partial charge in [0.25, 0.3) is 0 Å². The molecule has 4 rings (SSSR count). The second-order valence-electron chi connectivity index (χ2n) is 6.82. The van der Waals surface area contributed by atoms with E-state index in [0.717, 1.165) is 31.0 Å². The zero-order valence-corrected chi connectivity index (χ0v) is 15.3. The summed E-state index contributed by atoms with van der Waals surface area (Å²) in [6.45, 7) is 2.62. The number of aromatic nitrogens is 8. The van der Waals surface area contributed by atoms with Gasteiger partial charge in [0.1, 0.15) is 25.0 Å². The van der Waals surface area contributed by atoms with E-state index in [9.17, 15) is 4.79 Å². The van der Waals surface area contributed by atoms with Crippen molar-refractivity contribution in [1.29, 1.82) is 0 Å². The Kier molecular flexibility index (Phi) is 4.95. The molecule has 0 unspecified atom stereocenters. The van der Waals surface area contributed by atoms with Gasteiger partial charge in [-0.2, -0.15) is 10.2 Å². The molecule has 1 atom stereocenters. The molecule has 27 heavy (non-hydrogen) atoms. The summed E-state index contributed by atoms with van der Waals surface area (Å²) in [5.41, 5.74) is 0. The van der Waals surface area contributed by atoms with Crippen LogP contribution in [0.5, 0.6) is 0 Å². The number of carbonyl (C=O) groups is 1. The van der Waals surface area contributed by atoms with E-state index in [1.807, 2.05) is 33.5 Å². The van der Waals surface area contributed by atoms with Crippen molar-refractivity contribution in [3.63, 3.8) is 0 Å². The van der Waals surface area contributed by atoms with E-state index in [2.05, 4.69) is 25.4 Å². The van der Waals surface area contributed by atoms with Crippen molar-refractivity contribution in [2.24, 2.45) is 7.05 Å². The van der Waals surface area contributed by atoms with Crippen LogP contribution in [0.3, 0.4) is 0 Å². The molecule has 10 heteroatoms. The van der Waals surface area contributed by atoms with E-state index in [1.165, 1.54) is 6.33 Å². The van der Waals surface area contributed by atoms with Crippen molar-refractivity contribution in [2.75, 3.05) is 13.1 Å². The number of piperidine rings is 1. The van der Waals surface area contributed by atoms with Gasteiger partial charge in [-0.15, -0.1) is 10.2 Å². The van der Waals surface area contributed by atoms with Crippen molar-refractivity contribution < 1.29 is 4.79 Å². The Hall–Kier alpha value is -3.04. The normalized spacial score (nSPS) is 17.4. The Morgan fingerprint density at radius 1 is 1.26 bits per heavy atom. The molecule has 0 aliphatic carbocycles. The second kappa shape index (κ2) is 7.68. The highest BCUT2D eigenvalue weighted by Gasteiger charge is 2.28. The minimum atomic E-state index is 0.147. The van der Waals surface area contributed by atoms with Crippen molar-refractivity contribution >= 4 is 5.91 Å². The van der Waals surface area contributed by atoms with Crippen molar-refractivity contribution in [2.45, 2.75) is 38.3 Å². The summed E-state index contributed by atoms with van der Waals surface area (Å²) < 4.78 is 5.55. The van der Waals surface area contributed by atoms with E-state index in [-0.39, 0.29) is 11.8 Å². The standard InChI is InChI=1S/C17H23N9O/c1-23-15(11-25-8-3-6-19-25)21-22-17(23)14-4-2-7-24(10-14)16(27)5-9-26-13-18-12-20-26/h3,6,8,12-14H,2,4-5,7,9-11H2,1H3/t14-/m1/s1. The summed E-state index contributed by atoms with van der Waals surface area (Å²) in [6, 6.07) is 1.89. The van der Waals surface area contributed by atoms with Crippen LogP contribution >= 0.6 is 0 Å². The quantitative estimate of drug-likeness (QED) is 0.625.